The van der Waals surface area contributed by atoms with E-state index in [0.29, 0.717) is 11.3 Å². The summed E-state index contributed by atoms with van der Waals surface area (Å²) in [4.78, 5) is 25.8. The van der Waals surface area contributed by atoms with Gasteiger partial charge < -0.3 is 4.74 Å². The van der Waals surface area contributed by atoms with Crippen LogP contribution in [0, 0.1) is 27.7 Å². The second-order valence-electron chi connectivity index (χ2n) is 5.39. The van der Waals surface area contributed by atoms with Gasteiger partial charge in [-0.25, -0.2) is 0 Å². The number of rotatable bonds is 4. The highest BCUT2D eigenvalue weighted by atomic mass is 32.1. The minimum Gasteiger partial charge on any atom is -0.483 e. The smallest absolute Gasteiger partial charge is 0.276 e. The van der Waals surface area contributed by atoms with Crippen LogP contribution in [0.15, 0.2) is 24.3 Å². The maximum atomic E-state index is 12.0. The molecule has 1 heterocycles. The fourth-order valence-corrected chi connectivity index (χ4v) is 3.01. The number of thiophene rings is 1. The minimum absolute atomic E-state index is 0.160. The zero-order valence-electron chi connectivity index (χ0n) is 13.6. The van der Waals surface area contributed by atoms with Crippen LogP contribution in [0.4, 0.5) is 0 Å². The average Bonchev–Trinajstić information content (AvgIpc) is 2.84. The van der Waals surface area contributed by atoms with Crippen molar-refractivity contribution in [3.05, 3.63) is 50.7 Å². The Morgan fingerprint density at radius 3 is 2.48 bits per heavy atom. The van der Waals surface area contributed by atoms with Crippen molar-refractivity contribution in [1.29, 1.82) is 0 Å². The molecule has 1 aromatic carbocycles. The monoisotopic (exact) mass is 332 g/mol. The second-order valence-corrected chi connectivity index (χ2v) is 6.85. The van der Waals surface area contributed by atoms with Gasteiger partial charge in [0.25, 0.3) is 11.8 Å². The second kappa shape index (κ2) is 7.28. The van der Waals surface area contributed by atoms with Gasteiger partial charge in [-0.1, -0.05) is 12.1 Å². The van der Waals surface area contributed by atoms with Crippen molar-refractivity contribution in [2.45, 2.75) is 27.7 Å². The molecule has 0 aliphatic rings. The molecule has 23 heavy (non-hydrogen) atoms. The van der Waals surface area contributed by atoms with Crippen molar-refractivity contribution in [3.63, 3.8) is 0 Å². The van der Waals surface area contributed by atoms with E-state index in [-0.39, 0.29) is 12.5 Å². The van der Waals surface area contributed by atoms with E-state index >= 15 is 0 Å². The molecule has 0 atom stereocenters. The number of carbonyl (C=O) groups excluding carboxylic acids is 2. The summed E-state index contributed by atoms with van der Waals surface area (Å²) in [5.74, 6) is -0.0772. The van der Waals surface area contributed by atoms with Crippen molar-refractivity contribution in [2.75, 3.05) is 6.61 Å². The molecule has 0 aliphatic heterocycles. The third kappa shape index (κ3) is 4.56. The Morgan fingerprint density at radius 1 is 1.09 bits per heavy atom. The maximum Gasteiger partial charge on any atom is 0.276 e. The lowest BCUT2D eigenvalue weighted by atomic mass is 10.1. The molecule has 2 rings (SSSR count). The first-order valence-electron chi connectivity index (χ1n) is 7.23. The Hall–Kier alpha value is -2.34. The molecule has 0 saturated carbocycles. The van der Waals surface area contributed by atoms with Gasteiger partial charge in [0.2, 0.25) is 0 Å². The van der Waals surface area contributed by atoms with Crippen LogP contribution in [-0.2, 0) is 4.79 Å². The molecule has 0 unspecified atom stereocenters. The molecule has 0 bridgehead atoms. The van der Waals surface area contributed by atoms with E-state index < -0.39 is 5.91 Å². The third-order valence-electron chi connectivity index (χ3n) is 3.30. The molecule has 2 amide bonds. The van der Waals surface area contributed by atoms with Gasteiger partial charge in [0.1, 0.15) is 5.75 Å². The molecule has 0 spiro atoms. The normalized spacial score (nSPS) is 10.3. The topological polar surface area (TPSA) is 67.4 Å². The van der Waals surface area contributed by atoms with Crippen molar-refractivity contribution in [3.8, 4) is 5.75 Å². The molecule has 5 nitrogen and oxygen atoms in total. The van der Waals surface area contributed by atoms with E-state index in [2.05, 4.69) is 10.9 Å². The van der Waals surface area contributed by atoms with E-state index in [1.807, 2.05) is 45.9 Å². The van der Waals surface area contributed by atoms with Gasteiger partial charge in [-0.2, -0.15) is 0 Å². The van der Waals surface area contributed by atoms with Crippen LogP contribution < -0.4 is 15.6 Å². The average molecular weight is 332 g/mol. The predicted octanol–water partition coefficient (Wildman–Crippen LogP) is 2.82. The summed E-state index contributed by atoms with van der Waals surface area (Å²) < 4.78 is 5.48. The molecule has 6 heteroatoms. The molecule has 0 aliphatic carbocycles. The van der Waals surface area contributed by atoms with E-state index in [0.717, 1.165) is 20.9 Å². The summed E-state index contributed by atoms with van der Waals surface area (Å²) in [6, 6.07) is 7.59. The van der Waals surface area contributed by atoms with Crippen LogP contribution in [0.25, 0.3) is 0 Å². The highest BCUT2D eigenvalue weighted by Crippen LogP contribution is 2.20. The minimum atomic E-state index is -0.413. The number of carbonyl (C=O) groups is 2. The largest absolute Gasteiger partial charge is 0.483 e. The molecule has 1 aromatic heterocycles. The number of benzene rings is 1. The molecule has 122 valence electrons. The predicted molar refractivity (Wildman–Crippen MR) is 90.8 cm³/mol. The number of hydrogen-bond acceptors (Lipinski definition) is 4. The number of aryl methyl sites for hydroxylation is 4. The highest BCUT2D eigenvalue weighted by Gasteiger charge is 2.13. The van der Waals surface area contributed by atoms with Gasteiger partial charge in [0.05, 0.1) is 5.56 Å². The van der Waals surface area contributed by atoms with Crippen LogP contribution in [0.2, 0.25) is 0 Å². The zero-order chi connectivity index (χ0) is 17.0. The van der Waals surface area contributed by atoms with E-state index in [1.54, 1.807) is 17.4 Å². The highest BCUT2D eigenvalue weighted by molar-refractivity contribution is 7.12. The van der Waals surface area contributed by atoms with Crippen LogP contribution in [0.3, 0.4) is 0 Å². The van der Waals surface area contributed by atoms with E-state index in [4.69, 9.17) is 4.74 Å². The summed E-state index contributed by atoms with van der Waals surface area (Å²) in [6.07, 6.45) is 0. The van der Waals surface area contributed by atoms with Gasteiger partial charge in [-0.3, -0.25) is 20.4 Å². The Labute approximate surface area is 139 Å². The Kier molecular flexibility index (Phi) is 5.39. The van der Waals surface area contributed by atoms with Crippen LogP contribution in [0.5, 0.6) is 5.75 Å². The number of ether oxygens (including phenoxy) is 1. The van der Waals surface area contributed by atoms with Crippen LogP contribution in [0.1, 0.15) is 31.2 Å². The van der Waals surface area contributed by atoms with Gasteiger partial charge in [0, 0.05) is 9.75 Å². The molecular formula is C17H20N2O3S. The standard InChI is InChI=1S/C17H20N2O3S/c1-10-5-6-11(2)15(7-10)22-9-16(20)18-19-17(21)14-8-12(3)23-13(14)4/h5-8H,9H2,1-4H3,(H,18,20)(H,19,21). The van der Waals surface area contributed by atoms with Crippen LogP contribution >= 0.6 is 11.3 Å². The van der Waals surface area contributed by atoms with Gasteiger partial charge in [-0.05, 0) is 51.0 Å². The molecule has 0 fully saturated rings. The quantitative estimate of drug-likeness (QED) is 0.846. The number of hydrogen-bond donors (Lipinski definition) is 2. The lowest BCUT2D eigenvalue weighted by Crippen LogP contribution is -2.43. The Morgan fingerprint density at radius 2 is 1.83 bits per heavy atom. The molecule has 0 radical (unpaired) electrons. The summed E-state index contributed by atoms with van der Waals surface area (Å²) in [6.45, 7) is 7.52. The molecular weight excluding hydrogens is 312 g/mol. The lowest BCUT2D eigenvalue weighted by molar-refractivity contribution is -0.123. The summed E-state index contributed by atoms with van der Waals surface area (Å²) in [5.41, 5.74) is 7.35. The van der Waals surface area contributed by atoms with E-state index in [1.165, 1.54) is 0 Å². The van der Waals surface area contributed by atoms with Crippen molar-refractivity contribution in [2.24, 2.45) is 0 Å². The van der Waals surface area contributed by atoms with Gasteiger partial charge >= 0.3 is 0 Å². The number of hydrazine groups is 1. The Bertz CT molecular complexity index is 737. The van der Waals surface area contributed by atoms with Gasteiger partial charge in [0.15, 0.2) is 6.61 Å². The first kappa shape index (κ1) is 17.0. The third-order valence-corrected chi connectivity index (χ3v) is 4.27. The first-order chi connectivity index (χ1) is 10.9. The summed E-state index contributed by atoms with van der Waals surface area (Å²) >= 11 is 1.54. The Balaban J connectivity index is 1.84. The van der Waals surface area contributed by atoms with Crippen molar-refractivity contribution >= 4 is 23.2 Å². The molecule has 2 aromatic rings. The SMILES string of the molecule is Cc1ccc(C)c(OCC(=O)NNC(=O)c2cc(C)sc2C)c1. The maximum absolute atomic E-state index is 12.0. The fraction of sp³-hybridized carbons (Fsp3) is 0.294. The van der Waals surface area contributed by atoms with Gasteiger partial charge in [-0.15, -0.1) is 11.3 Å². The zero-order valence-corrected chi connectivity index (χ0v) is 14.5. The summed E-state index contributed by atoms with van der Waals surface area (Å²) in [5, 5.41) is 0. The number of amides is 2. The first-order valence-corrected chi connectivity index (χ1v) is 8.04. The van der Waals surface area contributed by atoms with Crippen LogP contribution in [-0.4, -0.2) is 18.4 Å². The summed E-state index contributed by atoms with van der Waals surface area (Å²) in [7, 11) is 0. The van der Waals surface area contributed by atoms with E-state index in [9.17, 15) is 9.59 Å². The fourth-order valence-electron chi connectivity index (χ4n) is 2.09. The molecule has 2 N–H and O–H groups in total. The number of nitrogens with one attached hydrogen (secondary N) is 2. The van der Waals surface area contributed by atoms with Crippen molar-refractivity contribution < 1.29 is 14.3 Å². The molecule has 0 saturated heterocycles. The lowest BCUT2D eigenvalue weighted by Gasteiger charge is -2.11. The van der Waals surface area contributed by atoms with Crippen molar-refractivity contribution in [1.82, 2.24) is 10.9 Å².